The molecule has 4 rings (SSSR count). The van der Waals surface area contributed by atoms with Gasteiger partial charge in [-0.15, -0.1) is 0 Å². The predicted molar refractivity (Wildman–Crippen MR) is 123 cm³/mol. The number of carbonyl (C=O) groups excluding carboxylic acids is 2. The second-order valence-corrected chi connectivity index (χ2v) is 7.25. The summed E-state index contributed by atoms with van der Waals surface area (Å²) in [5.74, 6) is -0.774. The zero-order chi connectivity index (χ0) is 22.1. The van der Waals surface area contributed by atoms with Gasteiger partial charge in [-0.2, -0.15) is 5.10 Å². The first-order valence-electron chi connectivity index (χ1n) is 9.94. The molecule has 156 valence electrons. The van der Waals surface area contributed by atoms with Gasteiger partial charge in [-0.1, -0.05) is 24.8 Å². The molecule has 4 N–H and O–H groups in total. The number of H-pyrrole nitrogens is 1. The number of primary amides is 1. The summed E-state index contributed by atoms with van der Waals surface area (Å²) in [7, 11) is 0. The molecule has 0 aliphatic heterocycles. The Hall–Kier alpha value is -4.13. The third kappa shape index (κ3) is 3.61. The molecule has 2 aromatic heterocycles. The minimum Gasteiger partial charge on any atom is -0.366 e. The van der Waals surface area contributed by atoms with Gasteiger partial charge in [-0.05, 0) is 54.8 Å². The summed E-state index contributed by atoms with van der Waals surface area (Å²) in [6.45, 7) is 8.24. The van der Waals surface area contributed by atoms with Crippen molar-refractivity contribution in [1.29, 1.82) is 0 Å². The lowest BCUT2D eigenvalue weighted by atomic mass is 9.94. The third-order valence-corrected chi connectivity index (χ3v) is 5.39. The number of nitrogens with zero attached hydrogens (tertiary/aromatic N) is 2. The number of amides is 2. The van der Waals surface area contributed by atoms with Crippen molar-refractivity contribution < 1.29 is 9.59 Å². The first-order valence-corrected chi connectivity index (χ1v) is 9.94. The number of nitrogens with two attached hydrogens (primary N) is 1. The van der Waals surface area contributed by atoms with E-state index in [1.54, 1.807) is 12.3 Å². The number of hydrogen-bond acceptors (Lipinski definition) is 3. The van der Waals surface area contributed by atoms with Crippen LogP contribution in [0.15, 0.2) is 61.4 Å². The second-order valence-electron chi connectivity index (χ2n) is 7.25. The van der Waals surface area contributed by atoms with Crippen LogP contribution in [0.1, 0.15) is 22.8 Å². The molecule has 0 saturated carbocycles. The number of nitrogens with one attached hydrogen (secondary N) is 2. The van der Waals surface area contributed by atoms with Crippen LogP contribution in [0.2, 0.25) is 0 Å². The molecule has 0 radical (unpaired) electrons. The van der Waals surface area contributed by atoms with E-state index < -0.39 is 5.91 Å². The first-order chi connectivity index (χ1) is 14.9. The maximum absolute atomic E-state index is 12.1. The van der Waals surface area contributed by atoms with Crippen LogP contribution in [-0.2, 0) is 11.3 Å². The Morgan fingerprint density at radius 2 is 2.06 bits per heavy atom. The lowest BCUT2D eigenvalue weighted by molar-refractivity contribution is -0.111. The van der Waals surface area contributed by atoms with E-state index in [-0.39, 0.29) is 5.91 Å². The first kappa shape index (κ1) is 20.2. The molecule has 7 nitrogen and oxygen atoms in total. The van der Waals surface area contributed by atoms with Gasteiger partial charge in [-0.3, -0.25) is 14.3 Å². The topological polar surface area (TPSA) is 106 Å². The Balaban J connectivity index is 1.92. The smallest absolute Gasteiger partial charge is 0.250 e. The van der Waals surface area contributed by atoms with Gasteiger partial charge >= 0.3 is 0 Å². The second kappa shape index (κ2) is 7.95. The largest absolute Gasteiger partial charge is 0.366 e. The Morgan fingerprint density at radius 1 is 1.26 bits per heavy atom. The van der Waals surface area contributed by atoms with E-state index >= 15 is 0 Å². The van der Waals surface area contributed by atoms with Crippen LogP contribution in [-0.4, -0.2) is 26.6 Å². The van der Waals surface area contributed by atoms with E-state index in [1.807, 2.05) is 55.1 Å². The monoisotopic (exact) mass is 413 g/mol. The number of aromatic nitrogens is 3. The summed E-state index contributed by atoms with van der Waals surface area (Å²) in [5, 5.41) is 8.04. The summed E-state index contributed by atoms with van der Waals surface area (Å²) in [6, 6.07) is 11.3. The lowest BCUT2D eigenvalue weighted by Gasteiger charge is -2.13. The molecule has 2 aromatic carbocycles. The minimum atomic E-state index is -0.502. The van der Waals surface area contributed by atoms with Crippen molar-refractivity contribution in [3.05, 3.63) is 72.6 Å². The maximum atomic E-state index is 12.1. The molecule has 0 spiro atoms. The highest BCUT2D eigenvalue weighted by Gasteiger charge is 2.17. The molecule has 0 aliphatic carbocycles. The van der Waals surface area contributed by atoms with Gasteiger partial charge in [-0.25, -0.2) is 0 Å². The van der Waals surface area contributed by atoms with Crippen LogP contribution in [0.3, 0.4) is 0 Å². The molecule has 0 fully saturated rings. The molecule has 4 aromatic rings. The van der Waals surface area contributed by atoms with Gasteiger partial charge in [0, 0.05) is 35.1 Å². The minimum absolute atomic E-state index is 0.272. The van der Waals surface area contributed by atoms with Gasteiger partial charge < -0.3 is 16.0 Å². The van der Waals surface area contributed by atoms with E-state index in [0.717, 1.165) is 39.9 Å². The normalized spacial score (nSPS) is 10.9. The van der Waals surface area contributed by atoms with Crippen molar-refractivity contribution in [2.75, 3.05) is 5.32 Å². The molecule has 7 heteroatoms. The van der Waals surface area contributed by atoms with Gasteiger partial charge in [0.15, 0.2) is 0 Å². The number of carbonyl (C=O) groups is 2. The number of hydrogen-bond donors (Lipinski definition) is 3. The van der Waals surface area contributed by atoms with Crippen molar-refractivity contribution in [2.45, 2.75) is 20.4 Å². The Kier molecular flexibility index (Phi) is 5.17. The molecule has 0 unspecified atom stereocenters. The van der Waals surface area contributed by atoms with Gasteiger partial charge in [0.25, 0.3) is 5.91 Å². The van der Waals surface area contributed by atoms with Crippen molar-refractivity contribution in [3.8, 4) is 22.4 Å². The number of aryl methyl sites for hydroxylation is 1. The van der Waals surface area contributed by atoms with E-state index in [4.69, 9.17) is 5.73 Å². The van der Waals surface area contributed by atoms with E-state index in [9.17, 15) is 9.59 Å². The van der Waals surface area contributed by atoms with Gasteiger partial charge in [0.05, 0.1) is 17.3 Å². The number of rotatable bonds is 6. The molecular formula is C24H23N5O2. The van der Waals surface area contributed by atoms with E-state index in [1.165, 1.54) is 6.08 Å². The molecule has 0 atom stereocenters. The quantitative estimate of drug-likeness (QED) is 0.411. The van der Waals surface area contributed by atoms with Crippen LogP contribution in [0.5, 0.6) is 0 Å². The molecule has 0 saturated heterocycles. The zero-order valence-electron chi connectivity index (χ0n) is 17.4. The van der Waals surface area contributed by atoms with E-state index in [2.05, 4.69) is 22.0 Å². The van der Waals surface area contributed by atoms with Gasteiger partial charge in [0.2, 0.25) is 5.91 Å². The highest BCUT2D eigenvalue weighted by molar-refractivity contribution is 6.11. The van der Waals surface area contributed by atoms with Crippen molar-refractivity contribution in [2.24, 2.45) is 5.73 Å². The standard InChI is InChI=1S/C24H23N5O2/c1-4-22(30)27-20-8-6-7-16(14(20)3)17-9-10-18(24(25)31)23-19(17)11-21(28-23)15-12-26-29(5-2)13-15/h4,6-13,28H,1,5H2,2-3H3,(H2,25,31)(H,27,30). The average Bonchev–Trinajstić information content (AvgIpc) is 3.41. The summed E-state index contributed by atoms with van der Waals surface area (Å²) >= 11 is 0. The van der Waals surface area contributed by atoms with Crippen LogP contribution in [0.25, 0.3) is 33.3 Å². The zero-order valence-corrected chi connectivity index (χ0v) is 17.4. The lowest BCUT2D eigenvalue weighted by Crippen LogP contribution is -2.11. The van der Waals surface area contributed by atoms with Crippen LogP contribution in [0.4, 0.5) is 5.69 Å². The summed E-state index contributed by atoms with van der Waals surface area (Å²) in [6.07, 6.45) is 4.97. The SMILES string of the molecule is C=CC(=O)Nc1cccc(-c2ccc(C(N)=O)c3[nH]c(-c4cnn(CC)c4)cc23)c1C. The molecular weight excluding hydrogens is 390 g/mol. The summed E-state index contributed by atoms with van der Waals surface area (Å²) in [4.78, 5) is 27.2. The predicted octanol–water partition coefficient (Wildman–Crippen LogP) is 4.25. The fraction of sp³-hybridized carbons (Fsp3) is 0.125. The molecule has 2 amide bonds. The Labute approximate surface area is 179 Å². The van der Waals surface area contributed by atoms with Gasteiger partial charge in [0.1, 0.15) is 0 Å². The summed E-state index contributed by atoms with van der Waals surface area (Å²) in [5.41, 5.74) is 12.0. The highest BCUT2D eigenvalue weighted by atomic mass is 16.1. The number of benzene rings is 2. The van der Waals surface area contributed by atoms with Crippen LogP contribution in [0, 0.1) is 6.92 Å². The Bertz CT molecular complexity index is 1330. The van der Waals surface area contributed by atoms with Crippen LogP contribution < -0.4 is 11.1 Å². The number of anilines is 1. The third-order valence-electron chi connectivity index (χ3n) is 5.39. The fourth-order valence-electron chi connectivity index (χ4n) is 3.74. The number of fused-ring (bicyclic) bond motifs is 1. The van der Waals surface area contributed by atoms with Crippen molar-refractivity contribution >= 4 is 28.4 Å². The average molecular weight is 413 g/mol. The van der Waals surface area contributed by atoms with Crippen molar-refractivity contribution in [3.63, 3.8) is 0 Å². The van der Waals surface area contributed by atoms with E-state index in [0.29, 0.717) is 16.8 Å². The van der Waals surface area contributed by atoms with Crippen molar-refractivity contribution in [1.82, 2.24) is 14.8 Å². The molecule has 31 heavy (non-hydrogen) atoms. The number of aromatic amines is 1. The fourth-order valence-corrected chi connectivity index (χ4v) is 3.74. The van der Waals surface area contributed by atoms with Crippen LogP contribution >= 0.6 is 0 Å². The Morgan fingerprint density at radius 3 is 2.74 bits per heavy atom. The molecule has 0 bridgehead atoms. The highest BCUT2D eigenvalue weighted by Crippen LogP contribution is 2.37. The maximum Gasteiger partial charge on any atom is 0.250 e. The molecule has 2 heterocycles. The summed E-state index contributed by atoms with van der Waals surface area (Å²) < 4.78 is 1.84. The molecule has 0 aliphatic rings.